The molecule has 0 aromatic heterocycles. The second-order valence-corrected chi connectivity index (χ2v) is 8.17. The number of nitrogens with one attached hydrogen (secondary N) is 1. The SMILES string of the molecule is NC(=O)NC1(C(=O)OC(=O)C2(N)CCOc3ccc(CF)cc32)CCOc2ccc(CF)cc21. The molecule has 2 aliphatic rings. The predicted molar refractivity (Wildman–Crippen MR) is 114 cm³/mol. The molecule has 4 rings (SSSR count). The van der Waals surface area contributed by atoms with Gasteiger partial charge in [0.15, 0.2) is 5.54 Å². The minimum atomic E-state index is -1.91. The molecule has 11 heteroatoms. The molecule has 180 valence electrons. The molecule has 0 radical (unpaired) electrons. The molecule has 0 bridgehead atoms. The van der Waals surface area contributed by atoms with Crippen LogP contribution in [0.5, 0.6) is 11.5 Å². The van der Waals surface area contributed by atoms with Crippen LogP contribution in [-0.4, -0.2) is 31.2 Å². The highest BCUT2D eigenvalue weighted by molar-refractivity contribution is 5.98. The minimum absolute atomic E-state index is 0.0180. The normalized spacial score (nSPS) is 22.9. The van der Waals surface area contributed by atoms with Gasteiger partial charge in [-0.15, -0.1) is 0 Å². The Hall–Kier alpha value is -3.73. The quantitative estimate of drug-likeness (QED) is 0.443. The van der Waals surface area contributed by atoms with Crippen LogP contribution in [0.4, 0.5) is 13.6 Å². The Morgan fingerprint density at radius 3 is 2.06 bits per heavy atom. The number of fused-ring (bicyclic) bond motifs is 2. The van der Waals surface area contributed by atoms with Crippen molar-refractivity contribution < 1.29 is 37.4 Å². The van der Waals surface area contributed by atoms with Crippen LogP contribution in [0.1, 0.15) is 35.1 Å². The fourth-order valence-electron chi connectivity index (χ4n) is 4.24. The van der Waals surface area contributed by atoms with Gasteiger partial charge in [-0.25, -0.2) is 23.2 Å². The van der Waals surface area contributed by atoms with Crippen molar-refractivity contribution in [3.8, 4) is 11.5 Å². The van der Waals surface area contributed by atoms with E-state index in [-0.39, 0.29) is 59.8 Å². The second kappa shape index (κ2) is 8.90. The zero-order chi connectivity index (χ0) is 24.5. The van der Waals surface area contributed by atoms with Crippen LogP contribution in [-0.2, 0) is 38.8 Å². The number of ether oxygens (including phenoxy) is 3. The molecule has 2 heterocycles. The lowest BCUT2D eigenvalue weighted by molar-refractivity contribution is -0.170. The van der Waals surface area contributed by atoms with Crippen LogP contribution in [0.15, 0.2) is 36.4 Å². The van der Waals surface area contributed by atoms with Crippen LogP contribution in [0.25, 0.3) is 0 Å². The Balaban J connectivity index is 1.72. The number of hydrogen-bond donors (Lipinski definition) is 3. The molecule has 0 saturated heterocycles. The van der Waals surface area contributed by atoms with E-state index in [0.717, 1.165) is 0 Å². The van der Waals surface area contributed by atoms with E-state index in [2.05, 4.69) is 5.32 Å². The molecule has 2 unspecified atom stereocenters. The van der Waals surface area contributed by atoms with E-state index in [0.29, 0.717) is 0 Å². The Bertz CT molecular complexity index is 1160. The Kier molecular flexibility index (Phi) is 6.13. The molecule has 0 spiro atoms. The minimum Gasteiger partial charge on any atom is -0.493 e. The number of halogens is 2. The summed E-state index contributed by atoms with van der Waals surface area (Å²) in [6, 6.07) is 7.56. The number of nitrogens with two attached hydrogens (primary N) is 2. The highest BCUT2D eigenvalue weighted by atomic mass is 19.1. The first-order valence-electron chi connectivity index (χ1n) is 10.5. The number of alkyl halides is 2. The van der Waals surface area contributed by atoms with Gasteiger partial charge in [0, 0.05) is 24.0 Å². The van der Waals surface area contributed by atoms with E-state index in [1.54, 1.807) is 0 Å². The average Bonchev–Trinajstić information content (AvgIpc) is 2.83. The zero-order valence-corrected chi connectivity index (χ0v) is 18.1. The van der Waals surface area contributed by atoms with Gasteiger partial charge in [0.05, 0.1) is 13.2 Å². The maximum Gasteiger partial charge on any atom is 0.344 e. The van der Waals surface area contributed by atoms with Crippen molar-refractivity contribution in [3.63, 3.8) is 0 Å². The van der Waals surface area contributed by atoms with Crippen molar-refractivity contribution >= 4 is 18.0 Å². The van der Waals surface area contributed by atoms with Crippen LogP contribution in [0.2, 0.25) is 0 Å². The molecule has 2 atom stereocenters. The molecular formula is C23H23F2N3O6. The monoisotopic (exact) mass is 475 g/mol. The number of esters is 2. The molecule has 0 aliphatic carbocycles. The van der Waals surface area contributed by atoms with Crippen molar-refractivity contribution in [2.24, 2.45) is 11.5 Å². The van der Waals surface area contributed by atoms with E-state index < -0.39 is 42.4 Å². The Labute approximate surface area is 193 Å². The van der Waals surface area contributed by atoms with Gasteiger partial charge >= 0.3 is 18.0 Å². The Morgan fingerprint density at radius 2 is 1.47 bits per heavy atom. The van der Waals surface area contributed by atoms with E-state index in [9.17, 15) is 23.2 Å². The van der Waals surface area contributed by atoms with Gasteiger partial charge in [0.2, 0.25) is 0 Å². The number of primary amides is 1. The van der Waals surface area contributed by atoms with E-state index >= 15 is 0 Å². The molecule has 9 nitrogen and oxygen atoms in total. The standard InChI is InChI=1S/C23H23F2N3O6/c24-11-13-1-3-17-15(9-13)22(27,5-7-32-17)19(29)34-20(30)23(28-21(26)31)6-8-33-18-4-2-14(12-25)10-16(18)23/h1-4,9-10H,5-8,11-12,27H2,(H3,26,28,31). The highest BCUT2D eigenvalue weighted by Crippen LogP contribution is 2.41. The third-order valence-corrected chi connectivity index (χ3v) is 6.06. The van der Waals surface area contributed by atoms with Gasteiger partial charge < -0.3 is 31.0 Å². The number of rotatable bonds is 5. The smallest absolute Gasteiger partial charge is 0.344 e. The molecule has 5 N–H and O–H groups in total. The lowest BCUT2D eigenvalue weighted by Gasteiger charge is -2.38. The van der Waals surface area contributed by atoms with Crippen LogP contribution in [0, 0.1) is 0 Å². The first kappa shape index (κ1) is 23.4. The van der Waals surface area contributed by atoms with Crippen molar-refractivity contribution in [2.75, 3.05) is 13.2 Å². The summed E-state index contributed by atoms with van der Waals surface area (Å²) in [7, 11) is 0. The summed E-state index contributed by atoms with van der Waals surface area (Å²) in [6.07, 6.45) is -0.169. The summed E-state index contributed by atoms with van der Waals surface area (Å²) < 4.78 is 42.9. The summed E-state index contributed by atoms with van der Waals surface area (Å²) in [4.78, 5) is 38.5. The number of hydrogen-bond acceptors (Lipinski definition) is 7. The number of urea groups is 1. The first-order valence-corrected chi connectivity index (χ1v) is 10.5. The third-order valence-electron chi connectivity index (χ3n) is 6.06. The third kappa shape index (κ3) is 3.92. The van der Waals surface area contributed by atoms with E-state index in [1.165, 1.54) is 36.4 Å². The lowest BCUT2D eigenvalue weighted by Crippen LogP contribution is -2.58. The molecule has 34 heavy (non-hydrogen) atoms. The van der Waals surface area contributed by atoms with Crippen LogP contribution >= 0.6 is 0 Å². The van der Waals surface area contributed by atoms with Crippen molar-refractivity contribution in [3.05, 3.63) is 58.7 Å². The molecule has 2 aromatic rings. The molecule has 2 amide bonds. The van der Waals surface area contributed by atoms with Crippen LogP contribution < -0.4 is 26.3 Å². The molecular weight excluding hydrogens is 452 g/mol. The largest absolute Gasteiger partial charge is 0.493 e. The fourth-order valence-corrected chi connectivity index (χ4v) is 4.24. The van der Waals surface area contributed by atoms with Gasteiger partial charge in [0.1, 0.15) is 30.4 Å². The van der Waals surface area contributed by atoms with Gasteiger partial charge in [-0.3, -0.25) is 0 Å². The lowest BCUT2D eigenvalue weighted by atomic mass is 9.82. The fraction of sp³-hybridized carbons (Fsp3) is 0.348. The summed E-state index contributed by atoms with van der Waals surface area (Å²) in [5.74, 6) is -1.80. The number of carbonyl (C=O) groups is 3. The zero-order valence-electron chi connectivity index (χ0n) is 18.1. The van der Waals surface area contributed by atoms with Gasteiger partial charge in [-0.2, -0.15) is 0 Å². The topological polar surface area (TPSA) is 143 Å². The predicted octanol–water partition coefficient (Wildman–Crippen LogP) is 1.98. The van der Waals surface area contributed by atoms with Gasteiger partial charge in [-0.05, 0) is 35.4 Å². The Morgan fingerprint density at radius 1 is 0.912 bits per heavy atom. The van der Waals surface area contributed by atoms with Crippen molar-refractivity contribution in [1.82, 2.24) is 5.32 Å². The maximum absolute atomic E-state index is 13.4. The highest BCUT2D eigenvalue weighted by Gasteiger charge is 2.51. The van der Waals surface area contributed by atoms with Crippen molar-refractivity contribution in [2.45, 2.75) is 37.3 Å². The number of benzene rings is 2. The molecule has 2 aromatic carbocycles. The summed E-state index contributed by atoms with van der Waals surface area (Å²) >= 11 is 0. The molecule has 0 fully saturated rings. The summed E-state index contributed by atoms with van der Waals surface area (Å²) in [5.41, 5.74) is 8.76. The maximum atomic E-state index is 13.4. The van der Waals surface area contributed by atoms with Crippen LogP contribution in [0.3, 0.4) is 0 Å². The first-order chi connectivity index (χ1) is 16.2. The number of amides is 2. The second-order valence-electron chi connectivity index (χ2n) is 8.17. The van der Waals surface area contributed by atoms with E-state index in [4.69, 9.17) is 25.7 Å². The summed E-state index contributed by atoms with van der Waals surface area (Å²) in [5, 5.41) is 2.36. The van der Waals surface area contributed by atoms with Gasteiger partial charge in [0.25, 0.3) is 0 Å². The summed E-state index contributed by atoms with van der Waals surface area (Å²) in [6.45, 7) is -1.59. The number of carbonyl (C=O) groups excluding carboxylic acids is 3. The average molecular weight is 475 g/mol. The van der Waals surface area contributed by atoms with E-state index in [1.807, 2.05) is 0 Å². The van der Waals surface area contributed by atoms with Crippen molar-refractivity contribution in [1.29, 1.82) is 0 Å². The molecule has 0 saturated carbocycles. The molecule has 2 aliphatic heterocycles. The van der Waals surface area contributed by atoms with Gasteiger partial charge in [-0.1, -0.05) is 12.1 Å².